The summed E-state index contributed by atoms with van der Waals surface area (Å²) in [6.45, 7) is 7.18. The van der Waals surface area contributed by atoms with Crippen molar-refractivity contribution in [2.24, 2.45) is 0 Å². The summed E-state index contributed by atoms with van der Waals surface area (Å²) in [5.41, 5.74) is 1.98. The molecule has 1 unspecified atom stereocenters. The summed E-state index contributed by atoms with van der Waals surface area (Å²) in [7, 11) is 0. The van der Waals surface area contributed by atoms with Crippen LogP contribution in [0.15, 0.2) is 30.3 Å². The molecule has 0 aliphatic heterocycles. The molecule has 1 aromatic heterocycles. The smallest absolute Gasteiger partial charge is 0.123 e. The first kappa shape index (κ1) is 15.2. The van der Waals surface area contributed by atoms with Gasteiger partial charge in [0.1, 0.15) is 5.82 Å². The van der Waals surface area contributed by atoms with Gasteiger partial charge in [-0.15, -0.1) is 11.3 Å². The highest BCUT2D eigenvalue weighted by Gasteiger charge is 2.16. The molecule has 0 fully saturated rings. The Morgan fingerprint density at radius 3 is 2.60 bits per heavy atom. The molecule has 0 amide bonds. The lowest BCUT2D eigenvalue weighted by atomic mass is 10.0. The molecule has 108 valence electrons. The van der Waals surface area contributed by atoms with Gasteiger partial charge < -0.3 is 5.32 Å². The van der Waals surface area contributed by atoms with E-state index in [4.69, 9.17) is 0 Å². The van der Waals surface area contributed by atoms with Gasteiger partial charge in [-0.2, -0.15) is 0 Å². The molecule has 0 bridgehead atoms. The van der Waals surface area contributed by atoms with Crippen LogP contribution < -0.4 is 5.32 Å². The third kappa shape index (κ3) is 3.68. The van der Waals surface area contributed by atoms with Gasteiger partial charge in [-0.3, -0.25) is 0 Å². The predicted molar refractivity (Wildman–Crippen MR) is 85.0 cm³/mol. The zero-order valence-electron chi connectivity index (χ0n) is 12.4. The van der Waals surface area contributed by atoms with Crippen molar-refractivity contribution in [2.75, 3.05) is 6.54 Å². The molecule has 1 aromatic carbocycles. The Balaban J connectivity index is 2.35. The second kappa shape index (κ2) is 7.00. The Kier molecular flexibility index (Phi) is 5.32. The van der Waals surface area contributed by atoms with Crippen LogP contribution in [0.25, 0.3) is 0 Å². The third-order valence-electron chi connectivity index (χ3n) is 3.31. The van der Waals surface area contributed by atoms with Gasteiger partial charge in [-0.05, 0) is 61.7 Å². The second-order valence-corrected chi connectivity index (χ2v) is 6.31. The summed E-state index contributed by atoms with van der Waals surface area (Å²) in [6, 6.07) is 9.72. The number of aryl methyl sites for hydroxylation is 2. The van der Waals surface area contributed by atoms with E-state index in [1.54, 1.807) is 12.1 Å². The summed E-state index contributed by atoms with van der Waals surface area (Å²) >= 11 is 1.81. The molecule has 1 atom stereocenters. The number of nitrogens with one attached hydrogen (secondary N) is 1. The molecule has 0 spiro atoms. The molecule has 0 aliphatic carbocycles. The molecule has 20 heavy (non-hydrogen) atoms. The van der Waals surface area contributed by atoms with E-state index in [2.05, 4.69) is 37.4 Å². The van der Waals surface area contributed by atoms with Crippen LogP contribution in [-0.2, 0) is 6.42 Å². The van der Waals surface area contributed by atoms with Gasteiger partial charge >= 0.3 is 0 Å². The summed E-state index contributed by atoms with van der Waals surface area (Å²) < 4.78 is 13.7. The number of hydrogen-bond acceptors (Lipinski definition) is 2. The van der Waals surface area contributed by atoms with E-state index in [9.17, 15) is 4.39 Å². The van der Waals surface area contributed by atoms with E-state index >= 15 is 0 Å². The van der Waals surface area contributed by atoms with Crippen LogP contribution in [-0.4, -0.2) is 6.54 Å². The van der Waals surface area contributed by atoms with Crippen LogP contribution in [0.1, 0.15) is 47.2 Å². The Morgan fingerprint density at radius 1 is 1.20 bits per heavy atom. The molecule has 2 rings (SSSR count). The average Bonchev–Trinajstić information content (AvgIpc) is 2.87. The zero-order valence-corrected chi connectivity index (χ0v) is 13.2. The van der Waals surface area contributed by atoms with Gasteiger partial charge in [-0.25, -0.2) is 4.39 Å². The first-order chi connectivity index (χ1) is 9.63. The fourth-order valence-corrected chi connectivity index (χ4v) is 3.40. The molecule has 0 aliphatic rings. The second-order valence-electron chi connectivity index (χ2n) is 5.11. The van der Waals surface area contributed by atoms with Crippen molar-refractivity contribution in [3.63, 3.8) is 0 Å². The molecule has 1 N–H and O–H groups in total. The minimum absolute atomic E-state index is 0.0923. The maximum atomic E-state index is 13.7. The Morgan fingerprint density at radius 2 is 2.00 bits per heavy atom. The minimum Gasteiger partial charge on any atom is -0.306 e. The van der Waals surface area contributed by atoms with E-state index in [-0.39, 0.29) is 11.9 Å². The summed E-state index contributed by atoms with van der Waals surface area (Å²) in [6.07, 6.45) is 2.12. The van der Waals surface area contributed by atoms with Crippen molar-refractivity contribution < 1.29 is 4.39 Å². The Bertz CT molecular complexity index is 542. The maximum Gasteiger partial charge on any atom is 0.123 e. The predicted octanol–water partition coefficient (Wildman–Crippen LogP) is 4.85. The summed E-state index contributed by atoms with van der Waals surface area (Å²) in [4.78, 5) is 2.64. The standard InChI is InChI=1S/C17H22FNS/c1-4-8-19-17(16-7-6-15(5-2)20-16)13-9-12(3)10-14(18)11-13/h6-7,9-11,17,19H,4-5,8H2,1-3H3. The maximum absolute atomic E-state index is 13.7. The Labute approximate surface area is 124 Å². The van der Waals surface area contributed by atoms with E-state index < -0.39 is 0 Å². The normalized spacial score (nSPS) is 12.6. The first-order valence-corrected chi connectivity index (χ1v) is 8.04. The van der Waals surface area contributed by atoms with Crippen LogP contribution in [0.2, 0.25) is 0 Å². The molecule has 0 saturated heterocycles. The zero-order chi connectivity index (χ0) is 14.5. The SMILES string of the molecule is CCCNC(c1cc(C)cc(F)c1)c1ccc(CC)s1. The number of thiophene rings is 1. The quantitative estimate of drug-likeness (QED) is 0.802. The van der Waals surface area contributed by atoms with Crippen molar-refractivity contribution >= 4 is 11.3 Å². The Hall–Kier alpha value is -1.19. The van der Waals surface area contributed by atoms with Crippen LogP contribution in [0, 0.1) is 12.7 Å². The highest BCUT2D eigenvalue weighted by molar-refractivity contribution is 7.12. The number of benzene rings is 1. The van der Waals surface area contributed by atoms with Crippen LogP contribution in [0.4, 0.5) is 4.39 Å². The van der Waals surface area contributed by atoms with Crippen molar-refractivity contribution in [3.05, 3.63) is 57.0 Å². The molecule has 0 radical (unpaired) electrons. The minimum atomic E-state index is -0.157. The van der Waals surface area contributed by atoms with Gasteiger partial charge in [0.05, 0.1) is 6.04 Å². The molecular formula is C17H22FNS. The lowest BCUT2D eigenvalue weighted by Gasteiger charge is -2.18. The van der Waals surface area contributed by atoms with Crippen LogP contribution in [0.5, 0.6) is 0 Å². The molecule has 2 aromatic rings. The van der Waals surface area contributed by atoms with Crippen molar-refractivity contribution in [1.82, 2.24) is 5.32 Å². The van der Waals surface area contributed by atoms with E-state index in [1.807, 2.05) is 18.3 Å². The molecule has 1 nitrogen and oxygen atoms in total. The van der Waals surface area contributed by atoms with E-state index in [0.29, 0.717) is 0 Å². The van der Waals surface area contributed by atoms with Gasteiger partial charge in [0.2, 0.25) is 0 Å². The van der Waals surface area contributed by atoms with Crippen molar-refractivity contribution in [1.29, 1.82) is 0 Å². The number of halogens is 1. The van der Waals surface area contributed by atoms with Crippen LogP contribution in [0.3, 0.4) is 0 Å². The van der Waals surface area contributed by atoms with Gasteiger partial charge in [0.15, 0.2) is 0 Å². The first-order valence-electron chi connectivity index (χ1n) is 7.23. The van der Waals surface area contributed by atoms with Crippen LogP contribution >= 0.6 is 11.3 Å². The fourth-order valence-electron chi connectivity index (χ4n) is 2.34. The molecule has 1 heterocycles. The molecular weight excluding hydrogens is 269 g/mol. The summed E-state index contributed by atoms with van der Waals surface area (Å²) in [5.74, 6) is -0.157. The van der Waals surface area contributed by atoms with Crippen molar-refractivity contribution in [3.8, 4) is 0 Å². The highest BCUT2D eigenvalue weighted by Crippen LogP contribution is 2.30. The topological polar surface area (TPSA) is 12.0 Å². The van der Waals surface area contributed by atoms with Crippen molar-refractivity contribution in [2.45, 2.75) is 39.7 Å². The molecule has 3 heteroatoms. The number of rotatable bonds is 6. The fraction of sp³-hybridized carbons (Fsp3) is 0.412. The lowest BCUT2D eigenvalue weighted by molar-refractivity contribution is 0.590. The largest absolute Gasteiger partial charge is 0.306 e. The van der Waals surface area contributed by atoms with Gasteiger partial charge in [-0.1, -0.05) is 19.9 Å². The average molecular weight is 291 g/mol. The summed E-state index contributed by atoms with van der Waals surface area (Å²) in [5, 5.41) is 3.54. The molecule has 0 saturated carbocycles. The van der Waals surface area contributed by atoms with Gasteiger partial charge in [0, 0.05) is 9.75 Å². The van der Waals surface area contributed by atoms with E-state index in [0.717, 1.165) is 30.5 Å². The monoisotopic (exact) mass is 291 g/mol. The highest BCUT2D eigenvalue weighted by atomic mass is 32.1. The van der Waals surface area contributed by atoms with E-state index in [1.165, 1.54) is 9.75 Å². The lowest BCUT2D eigenvalue weighted by Crippen LogP contribution is -2.22. The van der Waals surface area contributed by atoms with Gasteiger partial charge in [0.25, 0.3) is 0 Å². The number of hydrogen-bond donors (Lipinski definition) is 1. The third-order valence-corrected chi connectivity index (χ3v) is 4.61.